The number of H-pyrrole nitrogens is 1. The average Bonchev–Trinajstić information content (AvgIpc) is 3.26. The van der Waals surface area contributed by atoms with Gasteiger partial charge in [0, 0.05) is 24.4 Å². The lowest BCUT2D eigenvalue weighted by molar-refractivity contribution is 0.112. The van der Waals surface area contributed by atoms with Crippen LogP contribution in [0.15, 0.2) is 30.7 Å². The number of aromatic amines is 1. The van der Waals surface area contributed by atoms with Crippen molar-refractivity contribution in [2.45, 2.75) is 0 Å². The van der Waals surface area contributed by atoms with Crippen molar-refractivity contribution in [1.82, 2.24) is 29.9 Å². The summed E-state index contributed by atoms with van der Waals surface area (Å²) in [4.78, 5) is 19.6. The van der Waals surface area contributed by atoms with Crippen LogP contribution in [0.5, 0.6) is 5.75 Å². The zero-order valence-corrected chi connectivity index (χ0v) is 13.9. The second-order valence-electron chi connectivity index (χ2n) is 5.63. The Morgan fingerprint density at radius 2 is 2.15 bits per heavy atom. The smallest absolute Gasteiger partial charge is 0.166 e. The summed E-state index contributed by atoms with van der Waals surface area (Å²) in [5.74, 6) is -0.328. The van der Waals surface area contributed by atoms with Gasteiger partial charge in [0.05, 0.1) is 25.1 Å². The predicted molar refractivity (Wildman–Crippen MR) is 91.2 cm³/mol. The molecule has 4 aromatic rings. The van der Waals surface area contributed by atoms with Crippen LogP contribution in [0.1, 0.15) is 10.4 Å². The van der Waals surface area contributed by atoms with Gasteiger partial charge in [0.25, 0.3) is 0 Å². The van der Waals surface area contributed by atoms with Crippen LogP contribution in [0.2, 0.25) is 0 Å². The van der Waals surface area contributed by atoms with Crippen LogP contribution in [0.25, 0.3) is 33.7 Å². The van der Waals surface area contributed by atoms with Gasteiger partial charge in [-0.1, -0.05) is 0 Å². The van der Waals surface area contributed by atoms with Crippen LogP contribution in [0, 0.1) is 5.82 Å². The Morgan fingerprint density at radius 1 is 1.31 bits per heavy atom. The molecule has 130 valence electrons. The van der Waals surface area contributed by atoms with Gasteiger partial charge < -0.3 is 4.74 Å². The summed E-state index contributed by atoms with van der Waals surface area (Å²) < 4.78 is 21.4. The third-order valence-electron chi connectivity index (χ3n) is 3.94. The van der Waals surface area contributed by atoms with Gasteiger partial charge >= 0.3 is 0 Å². The van der Waals surface area contributed by atoms with Gasteiger partial charge in [-0.05, 0) is 12.1 Å². The number of methoxy groups -OCH3 is 1. The Bertz CT molecular complexity index is 1130. The number of ether oxygens (including phenoxy) is 1. The fourth-order valence-electron chi connectivity index (χ4n) is 2.73. The zero-order valence-electron chi connectivity index (χ0n) is 13.9. The first-order valence-electron chi connectivity index (χ1n) is 7.64. The van der Waals surface area contributed by atoms with Crippen LogP contribution < -0.4 is 4.74 Å². The molecule has 9 heteroatoms. The van der Waals surface area contributed by atoms with Crippen molar-refractivity contribution < 1.29 is 13.9 Å². The number of aldehydes is 1. The lowest BCUT2D eigenvalue weighted by Crippen LogP contribution is -1.98. The molecule has 0 saturated carbocycles. The highest BCUT2D eigenvalue weighted by Crippen LogP contribution is 2.33. The molecule has 1 N–H and O–H groups in total. The van der Waals surface area contributed by atoms with Crippen molar-refractivity contribution in [2.75, 3.05) is 7.11 Å². The number of carbonyl (C=O) groups is 1. The summed E-state index contributed by atoms with van der Waals surface area (Å²) in [6.07, 6.45) is 5.54. The second kappa shape index (κ2) is 6.03. The number of hydrogen-bond acceptors (Lipinski definition) is 6. The molecular weight excluding hydrogens is 339 g/mol. The highest BCUT2D eigenvalue weighted by Gasteiger charge is 2.19. The van der Waals surface area contributed by atoms with Crippen LogP contribution in [-0.4, -0.2) is 43.3 Å². The molecule has 0 saturated heterocycles. The average molecular weight is 352 g/mol. The van der Waals surface area contributed by atoms with E-state index < -0.39 is 5.82 Å². The second-order valence-corrected chi connectivity index (χ2v) is 5.63. The Labute approximate surface area is 146 Å². The Morgan fingerprint density at radius 3 is 2.85 bits per heavy atom. The predicted octanol–water partition coefficient (Wildman–Crippen LogP) is 2.38. The number of hydrogen-bond donors (Lipinski definition) is 1. The van der Waals surface area contributed by atoms with Gasteiger partial charge in [0.1, 0.15) is 34.6 Å². The van der Waals surface area contributed by atoms with Gasteiger partial charge in [-0.25, -0.2) is 14.4 Å². The van der Waals surface area contributed by atoms with E-state index in [0.717, 1.165) is 11.6 Å². The Balaban J connectivity index is 1.92. The topological polar surface area (TPSA) is 98.6 Å². The first-order chi connectivity index (χ1) is 12.6. The molecule has 0 aliphatic carbocycles. The van der Waals surface area contributed by atoms with Gasteiger partial charge in [0.2, 0.25) is 0 Å². The van der Waals surface area contributed by atoms with Gasteiger partial charge in [-0.3, -0.25) is 14.6 Å². The lowest BCUT2D eigenvalue weighted by Gasteiger charge is -2.09. The van der Waals surface area contributed by atoms with Crippen LogP contribution in [0.4, 0.5) is 4.39 Å². The highest BCUT2D eigenvalue weighted by atomic mass is 19.1. The molecule has 0 atom stereocenters. The fraction of sp³-hybridized carbons (Fsp3) is 0.118. The molecule has 26 heavy (non-hydrogen) atoms. The van der Waals surface area contributed by atoms with E-state index in [1.807, 2.05) is 0 Å². The third-order valence-corrected chi connectivity index (χ3v) is 3.94. The maximum absolute atomic E-state index is 14.6. The fourth-order valence-corrected chi connectivity index (χ4v) is 2.73. The monoisotopic (exact) mass is 352 g/mol. The molecule has 0 spiro atoms. The number of benzene rings is 1. The van der Waals surface area contributed by atoms with E-state index in [-0.39, 0.29) is 22.7 Å². The lowest BCUT2D eigenvalue weighted by atomic mass is 10.1. The van der Waals surface area contributed by atoms with E-state index in [4.69, 9.17) is 4.74 Å². The molecule has 0 fully saturated rings. The Hall–Kier alpha value is -3.62. The van der Waals surface area contributed by atoms with E-state index in [9.17, 15) is 9.18 Å². The molecule has 0 unspecified atom stereocenters. The highest BCUT2D eigenvalue weighted by molar-refractivity contribution is 5.90. The van der Waals surface area contributed by atoms with Crippen molar-refractivity contribution in [3.05, 3.63) is 42.1 Å². The number of nitrogens with zero attached hydrogens (tertiary/aromatic N) is 5. The third kappa shape index (κ3) is 2.50. The van der Waals surface area contributed by atoms with Gasteiger partial charge in [0.15, 0.2) is 5.82 Å². The van der Waals surface area contributed by atoms with Crippen molar-refractivity contribution in [3.8, 4) is 28.4 Å². The molecular formula is C17H13FN6O2. The summed E-state index contributed by atoms with van der Waals surface area (Å²) in [5.41, 5.74) is 2.75. The zero-order chi connectivity index (χ0) is 18.3. The molecule has 0 bridgehead atoms. The molecule has 3 aromatic heterocycles. The SMILES string of the molecule is COc1cc(C=O)cc(F)c1-c1ncc2[nH]nc(-c3cnn(C)c3)c2n1. The first-order valence-corrected chi connectivity index (χ1v) is 7.64. The quantitative estimate of drug-likeness (QED) is 0.566. The maximum atomic E-state index is 14.6. The Kier molecular flexibility index (Phi) is 3.68. The molecule has 0 radical (unpaired) electrons. The van der Waals surface area contributed by atoms with E-state index >= 15 is 0 Å². The van der Waals surface area contributed by atoms with E-state index in [0.29, 0.717) is 23.0 Å². The summed E-state index contributed by atoms with van der Waals surface area (Å²) in [6, 6.07) is 2.56. The molecule has 4 rings (SSSR count). The summed E-state index contributed by atoms with van der Waals surface area (Å²) in [5, 5.41) is 11.2. The summed E-state index contributed by atoms with van der Waals surface area (Å²) in [7, 11) is 3.19. The van der Waals surface area contributed by atoms with Crippen LogP contribution in [0.3, 0.4) is 0 Å². The van der Waals surface area contributed by atoms with E-state index in [1.54, 1.807) is 24.1 Å². The minimum Gasteiger partial charge on any atom is -0.496 e. The number of halogens is 1. The molecule has 3 heterocycles. The van der Waals surface area contributed by atoms with Gasteiger partial charge in [-0.15, -0.1) is 0 Å². The normalized spacial score (nSPS) is 11.0. The standard InChI is InChI=1S/C17H13FN6O2/c1-24-7-10(5-20-24)15-16-12(22-23-15)6-19-17(21-16)14-11(18)3-9(8-25)4-13(14)26-2/h3-8H,1-2H3,(H,22,23). The number of rotatable bonds is 4. The minimum absolute atomic E-state index is 0.0818. The van der Waals surface area contributed by atoms with E-state index in [1.165, 1.54) is 19.4 Å². The van der Waals surface area contributed by atoms with Gasteiger partial charge in [-0.2, -0.15) is 10.2 Å². The molecule has 1 aromatic carbocycles. The minimum atomic E-state index is -0.641. The maximum Gasteiger partial charge on any atom is 0.166 e. The van der Waals surface area contributed by atoms with Crippen LogP contribution >= 0.6 is 0 Å². The van der Waals surface area contributed by atoms with Crippen molar-refractivity contribution >= 4 is 17.3 Å². The van der Waals surface area contributed by atoms with Crippen molar-refractivity contribution in [1.29, 1.82) is 0 Å². The number of nitrogens with one attached hydrogen (secondary N) is 1. The summed E-state index contributed by atoms with van der Waals surface area (Å²) >= 11 is 0. The number of carbonyl (C=O) groups excluding carboxylic acids is 1. The molecule has 0 aliphatic heterocycles. The number of fused-ring (bicyclic) bond motifs is 1. The number of aromatic nitrogens is 6. The van der Waals surface area contributed by atoms with E-state index in [2.05, 4.69) is 25.3 Å². The summed E-state index contributed by atoms with van der Waals surface area (Å²) in [6.45, 7) is 0. The van der Waals surface area contributed by atoms with Crippen molar-refractivity contribution in [2.24, 2.45) is 7.05 Å². The molecule has 0 aliphatic rings. The van der Waals surface area contributed by atoms with Crippen molar-refractivity contribution in [3.63, 3.8) is 0 Å². The first kappa shape index (κ1) is 15.9. The van der Waals surface area contributed by atoms with Crippen LogP contribution in [-0.2, 0) is 7.05 Å². The largest absolute Gasteiger partial charge is 0.496 e. The number of aryl methyl sites for hydroxylation is 1. The molecule has 8 nitrogen and oxygen atoms in total. The molecule has 0 amide bonds.